The van der Waals surface area contributed by atoms with E-state index in [0.29, 0.717) is 5.75 Å². The van der Waals surface area contributed by atoms with Gasteiger partial charge in [0.05, 0.1) is 5.92 Å². The van der Waals surface area contributed by atoms with Crippen LogP contribution in [0.5, 0.6) is 0 Å². The van der Waals surface area contributed by atoms with Crippen molar-refractivity contribution in [3.63, 3.8) is 0 Å². The Labute approximate surface area is 153 Å². The lowest BCUT2D eigenvalue weighted by molar-refractivity contribution is -0.140. The minimum atomic E-state index is -0.853. The molecule has 0 amide bonds. The smallest absolute Gasteiger partial charge is 0.307 e. The molecule has 2 aromatic carbocycles. The van der Waals surface area contributed by atoms with Crippen molar-refractivity contribution in [3.05, 3.63) is 71.8 Å². The molecule has 134 valence electrons. The lowest BCUT2D eigenvalue weighted by Crippen LogP contribution is -2.12. The highest BCUT2D eigenvalue weighted by Crippen LogP contribution is 2.15. The van der Waals surface area contributed by atoms with Crippen LogP contribution in [-0.4, -0.2) is 21.9 Å². The van der Waals surface area contributed by atoms with Crippen LogP contribution in [0.1, 0.15) is 31.0 Å². The first kappa shape index (κ1) is 20.9. The van der Waals surface area contributed by atoms with Gasteiger partial charge >= 0.3 is 5.97 Å². The number of nitrogens with two attached hydrogens (primary N) is 1. The summed E-state index contributed by atoms with van der Waals surface area (Å²) in [6.07, 6.45) is 0.894. The highest BCUT2D eigenvalue weighted by atomic mass is 32.2. The molecule has 2 atom stereocenters. The van der Waals surface area contributed by atoms with E-state index >= 15 is 0 Å². The summed E-state index contributed by atoms with van der Waals surface area (Å²) in [5.41, 5.74) is 8.61. The van der Waals surface area contributed by atoms with Crippen molar-refractivity contribution >= 4 is 22.8 Å². The average Bonchev–Trinajstić information content (AvgIpc) is 2.61. The lowest BCUT2D eigenvalue weighted by Gasteiger charge is -2.11. The van der Waals surface area contributed by atoms with Crippen LogP contribution in [0.15, 0.2) is 60.7 Å². The van der Waals surface area contributed by atoms with Crippen LogP contribution in [-0.2, 0) is 16.0 Å². The molecule has 0 saturated carbocycles. The van der Waals surface area contributed by atoms with E-state index in [4.69, 9.17) is 10.8 Å². The summed E-state index contributed by atoms with van der Waals surface area (Å²) < 4.78 is 0. The standard InChI is InChI=1S/C14H15N.C6H10O3S/c15-14(13-9-5-2-6-10-13)11-12-7-3-1-4-8-12;1-4(6(8)9)3-10-5(2)7/h1-10,14H,11,15H2;4H,3H2,1-2H3,(H,8,9)/t14-;4-/m11/s1. The zero-order valence-corrected chi connectivity index (χ0v) is 15.4. The van der Waals surface area contributed by atoms with Crippen LogP contribution in [0, 0.1) is 5.92 Å². The van der Waals surface area contributed by atoms with Gasteiger partial charge in [-0.2, -0.15) is 0 Å². The summed E-state index contributed by atoms with van der Waals surface area (Å²) in [7, 11) is 0. The summed E-state index contributed by atoms with van der Waals surface area (Å²) in [5.74, 6) is -0.923. The number of hydrogen-bond acceptors (Lipinski definition) is 4. The molecule has 5 heteroatoms. The van der Waals surface area contributed by atoms with Crippen molar-refractivity contribution in [1.29, 1.82) is 0 Å². The fourth-order valence-electron chi connectivity index (χ4n) is 2.00. The molecule has 0 aromatic heterocycles. The van der Waals surface area contributed by atoms with Crippen LogP contribution in [0.3, 0.4) is 0 Å². The van der Waals surface area contributed by atoms with Crippen LogP contribution >= 0.6 is 11.8 Å². The van der Waals surface area contributed by atoms with Crippen LogP contribution < -0.4 is 5.73 Å². The van der Waals surface area contributed by atoms with Gasteiger partial charge in [-0.1, -0.05) is 79.3 Å². The van der Waals surface area contributed by atoms with Gasteiger partial charge in [0.25, 0.3) is 0 Å². The molecule has 0 aliphatic carbocycles. The van der Waals surface area contributed by atoms with Crippen molar-refractivity contribution in [3.8, 4) is 0 Å². The molecule has 0 aliphatic heterocycles. The number of carbonyl (C=O) groups is 2. The van der Waals surface area contributed by atoms with Gasteiger partial charge < -0.3 is 10.8 Å². The largest absolute Gasteiger partial charge is 0.481 e. The first-order chi connectivity index (χ1) is 11.9. The zero-order valence-electron chi connectivity index (χ0n) is 14.6. The minimum absolute atomic E-state index is 0.0342. The predicted octanol–water partition coefficient (Wildman–Crippen LogP) is 3.92. The second-order valence-corrected chi connectivity index (χ2v) is 6.95. The highest BCUT2D eigenvalue weighted by molar-refractivity contribution is 8.13. The number of thioether (sulfide) groups is 1. The highest BCUT2D eigenvalue weighted by Gasteiger charge is 2.11. The van der Waals surface area contributed by atoms with Gasteiger partial charge in [0, 0.05) is 18.7 Å². The van der Waals surface area contributed by atoms with Crippen molar-refractivity contribution in [2.75, 3.05) is 5.75 Å². The fourth-order valence-corrected chi connectivity index (χ4v) is 2.63. The van der Waals surface area contributed by atoms with Gasteiger partial charge in [-0.25, -0.2) is 0 Å². The molecule has 0 radical (unpaired) electrons. The van der Waals surface area contributed by atoms with Crippen LogP contribution in [0.25, 0.3) is 0 Å². The van der Waals surface area contributed by atoms with E-state index < -0.39 is 11.9 Å². The molecule has 0 saturated heterocycles. The monoisotopic (exact) mass is 359 g/mol. The topological polar surface area (TPSA) is 80.4 Å². The van der Waals surface area contributed by atoms with Crippen LogP contribution in [0.4, 0.5) is 0 Å². The van der Waals surface area contributed by atoms with Crippen molar-refractivity contribution in [2.45, 2.75) is 26.3 Å². The second-order valence-electron chi connectivity index (χ2n) is 5.75. The molecule has 0 unspecified atom stereocenters. The molecular formula is C20H25NO3S. The number of carboxylic acids is 1. The second kappa shape index (κ2) is 11.4. The van der Waals surface area contributed by atoms with Gasteiger partial charge in [-0.05, 0) is 17.5 Å². The molecule has 0 fully saturated rings. The Bertz CT molecular complexity index is 647. The van der Waals surface area contributed by atoms with E-state index in [1.54, 1.807) is 6.92 Å². The van der Waals surface area contributed by atoms with E-state index in [1.807, 2.05) is 36.4 Å². The third-order valence-corrected chi connectivity index (χ3v) is 4.56. The molecule has 0 bridgehead atoms. The molecule has 0 spiro atoms. The van der Waals surface area contributed by atoms with E-state index in [0.717, 1.165) is 18.2 Å². The Hall–Kier alpha value is -2.11. The molecule has 4 nitrogen and oxygen atoms in total. The van der Waals surface area contributed by atoms with Gasteiger partial charge in [0.15, 0.2) is 5.12 Å². The summed E-state index contributed by atoms with van der Waals surface area (Å²) in [6.45, 7) is 3.01. The Morgan fingerprint density at radius 3 is 2.04 bits per heavy atom. The predicted molar refractivity (Wildman–Crippen MR) is 103 cm³/mol. The van der Waals surface area contributed by atoms with Crippen molar-refractivity contribution in [1.82, 2.24) is 0 Å². The zero-order chi connectivity index (χ0) is 18.7. The van der Waals surface area contributed by atoms with Gasteiger partial charge in [-0.3, -0.25) is 9.59 Å². The summed E-state index contributed by atoms with van der Waals surface area (Å²) in [6, 6.07) is 20.7. The van der Waals surface area contributed by atoms with Crippen molar-refractivity contribution in [2.24, 2.45) is 11.7 Å². The molecule has 25 heavy (non-hydrogen) atoms. The maximum atomic E-state index is 10.3. The minimum Gasteiger partial charge on any atom is -0.481 e. The number of aliphatic carboxylic acids is 1. The number of carbonyl (C=O) groups excluding carboxylic acids is 1. The third kappa shape index (κ3) is 9.08. The molecule has 3 N–H and O–H groups in total. The van der Waals surface area contributed by atoms with Gasteiger partial charge in [0.1, 0.15) is 0 Å². The summed E-state index contributed by atoms with van der Waals surface area (Å²) >= 11 is 1.05. The van der Waals surface area contributed by atoms with E-state index in [9.17, 15) is 9.59 Å². The third-order valence-electron chi connectivity index (χ3n) is 3.48. The van der Waals surface area contributed by atoms with E-state index in [2.05, 4.69) is 24.3 Å². The first-order valence-corrected chi connectivity index (χ1v) is 9.09. The van der Waals surface area contributed by atoms with Crippen LogP contribution in [0.2, 0.25) is 0 Å². The fraction of sp³-hybridized carbons (Fsp3) is 0.300. The Balaban J connectivity index is 0.000000275. The van der Waals surface area contributed by atoms with Gasteiger partial charge in [0.2, 0.25) is 0 Å². The Morgan fingerprint density at radius 2 is 1.56 bits per heavy atom. The number of benzene rings is 2. The molecule has 2 aromatic rings. The summed E-state index contributed by atoms with van der Waals surface area (Å²) in [4.78, 5) is 20.5. The van der Waals surface area contributed by atoms with E-state index in [1.165, 1.54) is 18.1 Å². The number of hydrogen-bond donors (Lipinski definition) is 2. The summed E-state index contributed by atoms with van der Waals surface area (Å²) in [5, 5.41) is 8.34. The Morgan fingerprint density at radius 1 is 1.04 bits per heavy atom. The average molecular weight is 359 g/mol. The number of carboxylic acid groups (broad SMARTS) is 1. The molecule has 0 heterocycles. The molecule has 0 aliphatic rings. The molecule has 2 rings (SSSR count). The number of rotatable bonds is 6. The first-order valence-electron chi connectivity index (χ1n) is 8.10. The van der Waals surface area contributed by atoms with E-state index in [-0.39, 0.29) is 11.2 Å². The van der Waals surface area contributed by atoms with Gasteiger partial charge in [-0.15, -0.1) is 0 Å². The quantitative estimate of drug-likeness (QED) is 0.817. The molecular weight excluding hydrogens is 334 g/mol. The Kier molecular flexibility index (Phi) is 9.58. The normalized spacial score (nSPS) is 12.4. The maximum absolute atomic E-state index is 10.3. The maximum Gasteiger partial charge on any atom is 0.307 e. The lowest BCUT2D eigenvalue weighted by atomic mass is 10.00. The SMILES string of the molecule is CC(=O)SC[C@@H](C)C(=O)O.N[C@H](Cc1ccccc1)c1ccccc1. The van der Waals surface area contributed by atoms with Crippen molar-refractivity contribution < 1.29 is 14.7 Å².